The molecule has 0 unspecified atom stereocenters. The van der Waals surface area contributed by atoms with Gasteiger partial charge in [-0.25, -0.2) is 0 Å². The van der Waals surface area contributed by atoms with Crippen molar-refractivity contribution in [1.82, 2.24) is 0 Å². The van der Waals surface area contributed by atoms with E-state index in [1.54, 1.807) is 0 Å². The zero-order valence-electron chi connectivity index (χ0n) is 8.50. The second-order valence-corrected chi connectivity index (χ2v) is 5.13. The lowest BCUT2D eigenvalue weighted by Crippen LogP contribution is -2.07. The minimum absolute atomic E-state index is 0.0375. The summed E-state index contributed by atoms with van der Waals surface area (Å²) in [7, 11) is -3.97. The van der Waals surface area contributed by atoms with Crippen LogP contribution in [0.1, 0.15) is 0 Å². The maximum atomic E-state index is 11.5. The molecule has 0 saturated carbocycles. The van der Waals surface area contributed by atoms with Gasteiger partial charge in [-0.05, 0) is 12.1 Å². The Morgan fingerprint density at radius 1 is 1.41 bits per heavy atom. The number of benzene rings is 1. The Morgan fingerprint density at radius 3 is 2.35 bits per heavy atom. The summed E-state index contributed by atoms with van der Waals surface area (Å²) in [5.41, 5.74) is -0.203. The smallest absolute Gasteiger partial charge is 0.261 e. The number of hydrogen-bond acceptors (Lipinski definition) is 5. The predicted octanol–water partition coefficient (Wildman–Crippen LogP) is 2.05. The van der Waals surface area contributed by atoms with Gasteiger partial charge in [0, 0.05) is 17.2 Å². The van der Waals surface area contributed by atoms with E-state index < -0.39 is 15.0 Å². The van der Waals surface area contributed by atoms with Crippen LogP contribution in [0, 0.1) is 10.1 Å². The third kappa shape index (κ3) is 3.81. The van der Waals surface area contributed by atoms with E-state index >= 15 is 0 Å². The number of halogens is 1. The van der Waals surface area contributed by atoms with Gasteiger partial charge in [-0.3, -0.25) is 14.3 Å². The third-order valence-corrected chi connectivity index (χ3v) is 3.09. The number of nitro benzene ring substituents is 1. The van der Waals surface area contributed by atoms with Crippen LogP contribution in [0.2, 0.25) is 0 Å². The average Bonchev–Trinajstić information content (AvgIpc) is 2.27. The molecule has 1 aromatic rings. The molecule has 8 heteroatoms. The molecular formula is C9H8ClNO5S. The summed E-state index contributed by atoms with van der Waals surface area (Å²) in [6.07, 6.45) is 0. The van der Waals surface area contributed by atoms with E-state index in [2.05, 4.69) is 10.8 Å². The summed E-state index contributed by atoms with van der Waals surface area (Å²) in [4.78, 5) is 9.57. The first-order chi connectivity index (χ1) is 7.83. The zero-order chi connectivity index (χ0) is 13.1. The highest BCUT2D eigenvalue weighted by molar-refractivity contribution is 7.86. The van der Waals surface area contributed by atoms with Gasteiger partial charge in [-0.15, -0.1) is 0 Å². The molecule has 92 valence electrons. The van der Waals surface area contributed by atoms with Gasteiger partial charge in [0.25, 0.3) is 15.8 Å². The molecule has 0 aromatic heterocycles. The predicted molar refractivity (Wildman–Crippen MR) is 61.2 cm³/mol. The fraction of sp³-hybridized carbons (Fsp3) is 0.111. The molecule has 0 amide bonds. The van der Waals surface area contributed by atoms with Gasteiger partial charge in [0.15, 0.2) is 0 Å². The van der Waals surface area contributed by atoms with Crippen LogP contribution in [-0.2, 0) is 14.3 Å². The normalized spacial score (nSPS) is 11.1. The van der Waals surface area contributed by atoms with E-state index in [9.17, 15) is 18.5 Å². The minimum Gasteiger partial charge on any atom is -0.261 e. The summed E-state index contributed by atoms with van der Waals surface area (Å²) in [5, 5.41) is 10.4. The van der Waals surface area contributed by atoms with Crippen LogP contribution in [0.25, 0.3) is 0 Å². The second kappa shape index (κ2) is 5.26. The summed E-state index contributed by atoms with van der Waals surface area (Å²) in [5.74, 6) is 0. The molecule has 0 N–H and O–H groups in total. The fourth-order valence-electron chi connectivity index (χ4n) is 0.944. The van der Waals surface area contributed by atoms with Crippen LogP contribution in [-0.4, -0.2) is 19.9 Å². The van der Waals surface area contributed by atoms with Crippen molar-refractivity contribution in [2.24, 2.45) is 0 Å². The van der Waals surface area contributed by atoms with Crippen molar-refractivity contribution in [1.29, 1.82) is 0 Å². The van der Waals surface area contributed by atoms with Crippen LogP contribution in [0.4, 0.5) is 5.69 Å². The Bertz CT molecular complexity index is 537. The lowest BCUT2D eigenvalue weighted by Gasteiger charge is -2.03. The minimum atomic E-state index is -3.97. The Labute approximate surface area is 103 Å². The molecule has 0 saturated heterocycles. The quantitative estimate of drug-likeness (QED) is 0.467. The topological polar surface area (TPSA) is 86.5 Å². The Kier molecular flexibility index (Phi) is 4.22. The van der Waals surface area contributed by atoms with Crippen molar-refractivity contribution in [3.05, 3.63) is 46.0 Å². The monoisotopic (exact) mass is 277 g/mol. The van der Waals surface area contributed by atoms with Gasteiger partial charge in [0.05, 0.1) is 9.82 Å². The second-order valence-electron chi connectivity index (χ2n) is 2.98. The molecule has 0 radical (unpaired) electrons. The fourth-order valence-corrected chi connectivity index (χ4v) is 1.97. The number of non-ortho nitro benzene ring substituents is 1. The molecule has 1 rings (SSSR count). The lowest BCUT2D eigenvalue weighted by atomic mass is 10.3. The van der Waals surface area contributed by atoms with Crippen LogP contribution in [0.15, 0.2) is 40.8 Å². The van der Waals surface area contributed by atoms with Crippen molar-refractivity contribution in [3.8, 4) is 0 Å². The summed E-state index contributed by atoms with van der Waals surface area (Å²) in [6.45, 7) is 2.93. The van der Waals surface area contributed by atoms with E-state index in [-0.39, 0.29) is 22.2 Å². The molecule has 0 atom stereocenters. The molecule has 0 fully saturated rings. The average molecular weight is 278 g/mol. The third-order valence-electron chi connectivity index (χ3n) is 1.71. The maximum absolute atomic E-state index is 11.5. The molecule has 0 aliphatic heterocycles. The van der Waals surface area contributed by atoms with Crippen molar-refractivity contribution in [2.45, 2.75) is 4.90 Å². The van der Waals surface area contributed by atoms with E-state index in [0.717, 1.165) is 24.3 Å². The van der Waals surface area contributed by atoms with Crippen molar-refractivity contribution < 1.29 is 17.5 Å². The largest absolute Gasteiger partial charge is 0.297 e. The highest BCUT2D eigenvalue weighted by atomic mass is 35.5. The molecular weight excluding hydrogens is 270 g/mol. The Hall–Kier alpha value is -1.44. The lowest BCUT2D eigenvalue weighted by molar-refractivity contribution is -0.384. The zero-order valence-corrected chi connectivity index (χ0v) is 10.1. The van der Waals surface area contributed by atoms with Crippen LogP contribution in [0.5, 0.6) is 0 Å². The number of nitro groups is 1. The molecule has 0 heterocycles. The maximum Gasteiger partial charge on any atom is 0.297 e. The molecule has 0 aliphatic rings. The van der Waals surface area contributed by atoms with Crippen molar-refractivity contribution >= 4 is 27.4 Å². The summed E-state index contributed by atoms with van der Waals surface area (Å²) in [6, 6.07) is 4.33. The van der Waals surface area contributed by atoms with Crippen molar-refractivity contribution in [3.63, 3.8) is 0 Å². The van der Waals surface area contributed by atoms with Crippen LogP contribution < -0.4 is 0 Å². The molecule has 0 spiro atoms. The van der Waals surface area contributed by atoms with Crippen molar-refractivity contribution in [2.75, 3.05) is 6.61 Å². The van der Waals surface area contributed by atoms with Gasteiger partial charge in [0.1, 0.15) is 6.61 Å². The van der Waals surface area contributed by atoms with Gasteiger partial charge in [-0.1, -0.05) is 18.2 Å². The van der Waals surface area contributed by atoms with E-state index in [4.69, 9.17) is 11.6 Å². The number of rotatable bonds is 5. The van der Waals surface area contributed by atoms with E-state index in [1.807, 2.05) is 0 Å². The first-order valence-electron chi connectivity index (χ1n) is 4.30. The van der Waals surface area contributed by atoms with Gasteiger partial charge >= 0.3 is 0 Å². The highest BCUT2D eigenvalue weighted by Gasteiger charge is 2.16. The molecule has 6 nitrogen and oxygen atoms in total. The Morgan fingerprint density at radius 2 is 1.94 bits per heavy atom. The van der Waals surface area contributed by atoms with Gasteiger partial charge < -0.3 is 0 Å². The standard InChI is InChI=1S/C9H8ClNO5S/c1-7(10)6-16-17(14,15)9-4-2-8(3-5-9)11(12)13/h2-5H,1,6H2. The van der Waals surface area contributed by atoms with Crippen LogP contribution >= 0.6 is 11.6 Å². The molecule has 0 aliphatic carbocycles. The molecule has 17 heavy (non-hydrogen) atoms. The van der Waals surface area contributed by atoms with Crippen LogP contribution in [0.3, 0.4) is 0 Å². The number of nitrogens with zero attached hydrogens (tertiary/aromatic N) is 1. The molecule has 1 aromatic carbocycles. The van der Waals surface area contributed by atoms with Gasteiger partial charge in [0.2, 0.25) is 0 Å². The van der Waals surface area contributed by atoms with E-state index in [0.29, 0.717) is 0 Å². The Balaban J connectivity index is 2.92. The summed E-state index contributed by atoms with van der Waals surface area (Å²) >= 11 is 5.36. The first-order valence-corrected chi connectivity index (χ1v) is 6.09. The molecule has 0 bridgehead atoms. The first kappa shape index (κ1) is 13.6. The van der Waals surface area contributed by atoms with E-state index in [1.165, 1.54) is 0 Å². The number of hydrogen-bond donors (Lipinski definition) is 0. The highest BCUT2D eigenvalue weighted by Crippen LogP contribution is 2.18. The SMILES string of the molecule is C=C(Cl)COS(=O)(=O)c1ccc([N+](=O)[O-])cc1. The van der Waals surface area contributed by atoms with Gasteiger partial charge in [-0.2, -0.15) is 8.42 Å². The summed E-state index contributed by atoms with van der Waals surface area (Å²) < 4.78 is 27.6.